The third kappa shape index (κ3) is 4.03. The molecule has 1 aliphatic carbocycles. The van der Waals surface area contributed by atoms with Gasteiger partial charge < -0.3 is 5.32 Å². The monoisotopic (exact) mass is 386 g/mol. The minimum atomic E-state index is -0.428. The largest absolute Gasteiger partial charge is 0.332 e. The van der Waals surface area contributed by atoms with Gasteiger partial charge in [-0.15, -0.1) is 0 Å². The molecule has 0 unspecified atom stereocenters. The van der Waals surface area contributed by atoms with Crippen LogP contribution in [0.3, 0.4) is 0 Å². The molecule has 2 heterocycles. The quantitative estimate of drug-likeness (QED) is 0.827. The first-order chi connectivity index (χ1) is 13.4. The molecule has 28 heavy (non-hydrogen) atoms. The Morgan fingerprint density at radius 1 is 1.18 bits per heavy atom. The number of anilines is 1. The molecule has 0 atom stereocenters. The molecule has 2 aromatic rings. The van der Waals surface area contributed by atoms with Crippen LogP contribution in [0, 0.1) is 5.92 Å². The van der Waals surface area contributed by atoms with E-state index in [1.165, 1.54) is 43.7 Å². The number of aromatic nitrogens is 3. The molecule has 1 saturated carbocycles. The molecule has 1 aliphatic rings. The van der Waals surface area contributed by atoms with Crippen LogP contribution in [-0.4, -0.2) is 20.0 Å². The van der Waals surface area contributed by atoms with Crippen LogP contribution in [-0.2, 0) is 25.3 Å². The number of pyridine rings is 1. The van der Waals surface area contributed by atoms with Gasteiger partial charge in [0.15, 0.2) is 5.65 Å². The molecule has 0 radical (unpaired) electrons. The SMILES string of the molecule is CCCc1cnc2c(c1NC(=O)CCC1CCCCC1)c(=O)n(C)c(=O)n2C. The number of rotatable bonds is 6. The van der Waals surface area contributed by atoms with Gasteiger partial charge in [-0.3, -0.25) is 18.7 Å². The van der Waals surface area contributed by atoms with E-state index in [1.54, 1.807) is 13.2 Å². The van der Waals surface area contributed by atoms with E-state index in [-0.39, 0.29) is 5.91 Å². The Morgan fingerprint density at radius 3 is 2.57 bits per heavy atom. The van der Waals surface area contributed by atoms with Gasteiger partial charge in [-0.25, -0.2) is 9.78 Å². The Morgan fingerprint density at radius 2 is 1.89 bits per heavy atom. The van der Waals surface area contributed by atoms with E-state index in [0.29, 0.717) is 35.5 Å². The fraction of sp³-hybridized carbons (Fsp3) is 0.619. The Kier molecular flexibility index (Phi) is 6.31. The predicted octanol–water partition coefficient (Wildman–Crippen LogP) is 2.88. The van der Waals surface area contributed by atoms with Crippen molar-refractivity contribution in [1.29, 1.82) is 0 Å². The van der Waals surface area contributed by atoms with Crippen molar-refractivity contribution in [3.63, 3.8) is 0 Å². The summed E-state index contributed by atoms with van der Waals surface area (Å²) in [5, 5.41) is 3.29. The van der Waals surface area contributed by atoms with Gasteiger partial charge in [0, 0.05) is 26.7 Å². The average molecular weight is 386 g/mol. The van der Waals surface area contributed by atoms with Crippen LogP contribution in [0.25, 0.3) is 11.0 Å². The standard InChI is InChI=1S/C21H30N4O3/c1-4-8-15-13-22-19-17(20(27)25(3)21(28)24(19)2)18(15)23-16(26)12-11-14-9-6-5-7-10-14/h13-14H,4-12H2,1-3H3,(H,22,23,26). The number of amides is 1. The molecular formula is C21H30N4O3. The van der Waals surface area contributed by atoms with Gasteiger partial charge in [0.05, 0.1) is 5.69 Å². The first-order valence-electron chi connectivity index (χ1n) is 10.3. The van der Waals surface area contributed by atoms with E-state index in [0.717, 1.165) is 23.0 Å². The summed E-state index contributed by atoms with van der Waals surface area (Å²) in [5.41, 5.74) is 0.790. The highest BCUT2D eigenvalue weighted by atomic mass is 16.2. The first-order valence-corrected chi connectivity index (χ1v) is 10.3. The Bertz CT molecular complexity index is 984. The van der Waals surface area contributed by atoms with Crippen LogP contribution in [0.1, 0.15) is 63.9 Å². The number of hydrogen-bond donors (Lipinski definition) is 1. The lowest BCUT2D eigenvalue weighted by molar-refractivity contribution is -0.116. The van der Waals surface area contributed by atoms with Crippen LogP contribution in [0.4, 0.5) is 5.69 Å². The van der Waals surface area contributed by atoms with Crippen molar-refractivity contribution in [1.82, 2.24) is 14.1 Å². The van der Waals surface area contributed by atoms with Gasteiger partial charge in [-0.2, -0.15) is 0 Å². The third-order valence-electron chi connectivity index (χ3n) is 5.84. The second-order valence-corrected chi connectivity index (χ2v) is 7.90. The summed E-state index contributed by atoms with van der Waals surface area (Å²) >= 11 is 0. The van der Waals surface area contributed by atoms with Crippen molar-refractivity contribution >= 4 is 22.6 Å². The smallest absolute Gasteiger partial charge is 0.325 e. The summed E-state index contributed by atoms with van der Waals surface area (Å²) in [7, 11) is 3.04. The molecule has 1 amide bonds. The molecule has 152 valence electrons. The molecule has 7 nitrogen and oxygen atoms in total. The van der Waals surface area contributed by atoms with Gasteiger partial charge in [0.2, 0.25) is 5.91 Å². The van der Waals surface area contributed by atoms with Crippen molar-refractivity contribution < 1.29 is 4.79 Å². The fourth-order valence-electron chi connectivity index (χ4n) is 4.18. The zero-order valence-electron chi connectivity index (χ0n) is 17.1. The van der Waals surface area contributed by atoms with Gasteiger partial charge in [-0.1, -0.05) is 45.4 Å². The highest BCUT2D eigenvalue weighted by molar-refractivity contribution is 6.01. The maximum atomic E-state index is 12.8. The maximum absolute atomic E-state index is 12.8. The average Bonchev–Trinajstić information content (AvgIpc) is 2.71. The van der Waals surface area contributed by atoms with Crippen LogP contribution < -0.4 is 16.6 Å². The molecule has 1 fully saturated rings. The number of fused-ring (bicyclic) bond motifs is 1. The molecule has 0 saturated heterocycles. The molecule has 2 aromatic heterocycles. The van der Waals surface area contributed by atoms with E-state index in [2.05, 4.69) is 10.3 Å². The molecule has 0 spiro atoms. The summed E-state index contributed by atoms with van der Waals surface area (Å²) in [5.74, 6) is 0.545. The third-order valence-corrected chi connectivity index (χ3v) is 5.84. The summed E-state index contributed by atoms with van der Waals surface area (Å²) in [6.07, 6.45) is 10.8. The van der Waals surface area contributed by atoms with Crippen LogP contribution in [0.15, 0.2) is 15.8 Å². The van der Waals surface area contributed by atoms with E-state index in [1.807, 2.05) is 6.92 Å². The molecule has 7 heteroatoms. The lowest BCUT2D eigenvalue weighted by Gasteiger charge is -2.21. The summed E-state index contributed by atoms with van der Waals surface area (Å²) < 4.78 is 2.42. The molecule has 1 N–H and O–H groups in total. The normalized spacial score (nSPS) is 15.1. The highest BCUT2D eigenvalue weighted by Gasteiger charge is 2.20. The van der Waals surface area contributed by atoms with Crippen molar-refractivity contribution in [2.75, 3.05) is 5.32 Å². The number of carbonyl (C=O) groups is 1. The van der Waals surface area contributed by atoms with E-state index >= 15 is 0 Å². The van der Waals surface area contributed by atoms with Gasteiger partial charge in [-0.05, 0) is 24.3 Å². The van der Waals surface area contributed by atoms with Crippen molar-refractivity contribution in [2.24, 2.45) is 20.0 Å². The summed E-state index contributed by atoms with van der Waals surface area (Å²) in [4.78, 5) is 42.1. The molecule has 3 rings (SSSR count). The Hall–Kier alpha value is -2.44. The van der Waals surface area contributed by atoms with Crippen LogP contribution in [0.2, 0.25) is 0 Å². The minimum absolute atomic E-state index is 0.0775. The lowest BCUT2D eigenvalue weighted by atomic mass is 9.86. The minimum Gasteiger partial charge on any atom is -0.325 e. The Balaban J connectivity index is 1.95. The maximum Gasteiger partial charge on any atom is 0.332 e. The fourth-order valence-corrected chi connectivity index (χ4v) is 4.18. The first kappa shape index (κ1) is 20.3. The number of hydrogen-bond acceptors (Lipinski definition) is 4. The van der Waals surface area contributed by atoms with Gasteiger partial charge in [0.25, 0.3) is 5.56 Å². The van der Waals surface area contributed by atoms with E-state index in [9.17, 15) is 14.4 Å². The molecule has 0 bridgehead atoms. The number of nitrogens with one attached hydrogen (secondary N) is 1. The molecule has 0 aliphatic heterocycles. The van der Waals surface area contributed by atoms with Gasteiger partial charge >= 0.3 is 5.69 Å². The zero-order chi connectivity index (χ0) is 20.3. The molecule has 0 aromatic carbocycles. The highest BCUT2D eigenvalue weighted by Crippen LogP contribution is 2.28. The number of carbonyl (C=O) groups excluding carboxylic acids is 1. The summed E-state index contributed by atoms with van der Waals surface area (Å²) in [6.45, 7) is 2.04. The number of aryl methyl sites for hydroxylation is 2. The second-order valence-electron chi connectivity index (χ2n) is 7.90. The van der Waals surface area contributed by atoms with Crippen LogP contribution in [0.5, 0.6) is 0 Å². The van der Waals surface area contributed by atoms with Crippen molar-refractivity contribution in [3.8, 4) is 0 Å². The topological polar surface area (TPSA) is 86.0 Å². The lowest BCUT2D eigenvalue weighted by Crippen LogP contribution is -2.38. The van der Waals surface area contributed by atoms with E-state index in [4.69, 9.17) is 0 Å². The summed E-state index contributed by atoms with van der Waals surface area (Å²) in [6, 6.07) is 0. The Labute approximate surface area is 164 Å². The van der Waals surface area contributed by atoms with Crippen molar-refractivity contribution in [2.45, 2.75) is 64.7 Å². The van der Waals surface area contributed by atoms with Gasteiger partial charge in [0.1, 0.15) is 5.39 Å². The van der Waals surface area contributed by atoms with Crippen LogP contribution >= 0.6 is 0 Å². The second kappa shape index (κ2) is 8.71. The molecular weight excluding hydrogens is 356 g/mol. The van der Waals surface area contributed by atoms with Crippen molar-refractivity contribution in [3.05, 3.63) is 32.6 Å². The predicted molar refractivity (Wildman–Crippen MR) is 111 cm³/mol. The van der Waals surface area contributed by atoms with E-state index < -0.39 is 11.2 Å². The zero-order valence-corrected chi connectivity index (χ0v) is 17.1. The number of nitrogens with zero attached hydrogens (tertiary/aromatic N) is 3.